The third-order valence-corrected chi connectivity index (χ3v) is 3.03. The van der Waals surface area contributed by atoms with E-state index in [-0.39, 0.29) is 0 Å². The molecule has 1 heterocycles. The van der Waals surface area contributed by atoms with Gasteiger partial charge >= 0.3 is 0 Å². The summed E-state index contributed by atoms with van der Waals surface area (Å²) < 4.78 is 2.00. The van der Waals surface area contributed by atoms with Crippen LogP contribution in [0.15, 0.2) is 22.5 Å². The summed E-state index contributed by atoms with van der Waals surface area (Å²) in [6.07, 6.45) is 0. The molecule has 0 aliphatic rings. The van der Waals surface area contributed by atoms with E-state index in [0.29, 0.717) is 6.04 Å². The van der Waals surface area contributed by atoms with Gasteiger partial charge in [-0.25, -0.2) is 4.98 Å². The molecule has 0 unspecified atom stereocenters. The molecule has 2 aromatic rings. The van der Waals surface area contributed by atoms with Gasteiger partial charge in [-0.15, -0.1) is 24.0 Å². The van der Waals surface area contributed by atoms with Crippen LogP contribution in [0.1, 0.15) is 13.8 Å². The molecular weight excluding hydrogens is 212 g/mol. The first-order valence-electron chi connectivity index (χ1n) is 4.51. The molecule has 0 atom stereocenters. The average molecular weight is 224 g/mol. The Morgan fingerprint density at radius 1 is 1.43 bits per heavy atom. The first kappa shape index (κ1) is 9.80. The van der Waals surface area contributed by atoms with Crippen molar-refractivity contribution in [3.05, 3.63) is 18.2 Å². The van der Waals surface area contributed by atoms with Gasteiger partial charge in [-0.05, 0) is 32.0 Å². The Bertz CT molecular complexity index is 448. The lowest BCUT2D eigenvalue weighted by Gasteiger charge is -2.08. The molecule has 0 aliphatic heterocycles. The minimum Gasteiger partial charge on any atom is -0.383 e. The molecule has 1 N–H and O–H groups in total. The van der Waals surface area contributed by atoms with Crippen molar-refractivity contribution in [1.29, 1.82) is 0 Å². The Labute approximate surface area is 92.8 Å². The number of aromatic nitrogens is 1. The normalized spacial score (nSPS) is 11.1. The van der Waals surface area contributed by atoms with Crippen molar-refractivity contribution in [1.82, 2.24) is 4.98 Å². The molecule has 0 fully saturated rings. The number of hydrogen-bond acceptors (Lipinski definition) is 4. The third-order valence-electron chi connectivity index (χ3n) is 1.83. The maximum Gasteiger partial charge on any atom is 0.148 e. The van der Waals surface area contributed by atoms with Crippen molar-refractivity contribution in [3.8, 4) is 0 Å². The molecule has 4 heteroatoms. The molecule has 0 aliphatic carbocycles. The largest absolute Gasteiger partial charge is 0.383 e. The van der Waals surface area contributed by atoms with E-state index in [1.807, 2.05) is 6.07 Å². The Balaban J connectivity index is 2.40. The van der Waals surface area contributed by atoms with Crippen molar-refractivity contribution in [2.75, 3.05) is 5.32 Å². The average Bonchev–Trinajstić information content (AvgIpc) is 2.42. The summed E-state index contributed by atoms with van der Waals surface area (Å²) in [6, 6.07) is 6.65. The summed E-state index contributed by atoms with van der Waals surface area (Å²) in [5, 5.41) is 3.36. The van der Waals surface area contributed by atoms with Crippen molar-refractivity contribution in [2.45, 2.75) is 24.2 Å². The van der Waals surface area contributed by atoms with Crippen LogP contribution in [0.3, 0.4) is 0 Å². The van der Waals surface area contributed by atoms with Crippen molar-refractivity contribution >= 4 is 39.9 Å². The molecule has 1 aromatic heterocycles. The molecule has 0 bridgehead atoms. The zero-order valence-electron chi connectivity index (χ0n) is 8.11. The van der Waals surface area contributed by atoms with Gasteiger partial charge in [0, 0.05) is 11.7 Å². The predicted octanol–water partition coefficient (Wildman–Crippen LogP) is 3.41. The van der Waals surface area contributed by atoms with Crippen LogP contribution in [-0.2, 0) is 0 Å². The molecule has 1 aromatic carbocycles. The van der Waals surface area contributed by atoms with Gasteiger partial charge in [0.25, 0.3) is 0 Å². The lowest BCUT2D eigenvalue weighted by Crippen LogP contribution is -2.09. The molecule has 0 spiro atoms. The molecule has 14 heavy (non-hydrogen) atoms. The van der Waals surface area contributed by atoms with Gasteiger partial charge in [-0.3, -0.25) is 0 Å². The minimum absolute atomic E-state index is 0.454. The van der Waals surface area contributed by atoms with Crippen LogP contribution >= 0.6 is 24.0 Å². The number of anilines is 1. The quantitative estimate of drug-likeness (QED) is 0.764. The van der Waals surface area contributed by atoms with E-state index in [2.05, 4.69) is 48.9 Å². The van der Waals surface area contributed by atoms with Crippen molar-refractivity contribution in [2.24, 2.45) is 0 Å². The highest BCUT2D eigenvalue weighted by molar-refractivity contribution is 7.82. The van der Waals surface area contributed by atoms with Crippen LogP contribution in [0.25, 0.3) is 10.2 Å². The lowest BCUT2D eigenvalue weighted by atomic mass is 10.2. The number of rotatable bonds is 2. The number of nitrogens with zero attached hydrogens (tertiary/aromatic N) is 1. The van der Waals surface area contributed by atoms with Crippen molar-refractivity contribution < 1.29 is 0 Å². The Hall–Kier alpha value is -0.740. The highest BCUT2D eigenvalue weighted by atomic mass is 32.2. The molecule has 2 nitrogen and oxygen atoms in total. The molecule has 0 amide bonds. The number of fused-ring (bicyclic) bond motifs is 1. The fourth-order valence-corrected chi connectivity index (χ4v) is 2.48. The van der Waals surface area contributed by atoms with Gasteiger partial charge in [0.1, 0.15) is 4.34 Å². The van der Waals surface area contributed by atoms with E-state index in [0.717, 1.165) is 15.5 Å². The third kappa shape index (κ3) is 2.01. The van der Waals surface area contributed by atoms with Gasteiger partial charge < -0.3 is 5.32 Å². The van der Waals surface area contributed by atoms with Crippen LogP contribution in [0, 0.1) is 0 Å². The first-order valence-corrected chi connectivity index (χ1v) is 5.77. The second-order valence-electron chi connectivity index (χ2n) is 3.48. The lowest BCUT2D eigenvalue weighted by molar-refractivity contribution is 0.900. The van der Waals surface area contributed by atoms with E-state index in [4.69, 9.17) is 0 Å². The van der Waals surface area contributed by atoms with E-state index in [1.54, 1.807) is 11.3 Å². The predicted molar refractivity (Wildman–Crippen MR) is 65.6 cm³/mol. The number of benzene rings is 1. The maximum atomic E-state index is 4.29. The second-order valence-corrected chi connectivity index (χ2v) is 5.23. The zero-order valence-corrected chi connectivity index (χ0v) is 9.82. The maximum absolute atomic E-state index is 4.29. The summed E-state index contributed by atoms with van der Waals surface area (Å²) in [6.45, 7) is 4.25. The Morgan fingerprint density at radius 3 is 2.93 bits per heavy atom. The Kier molecular flexibility index (Phi) is 2.65. The summed E-state index contributed by atoms with van der Waals surface area (Å²) >= 11 is 5.84. The number of nitrogens with one attached hydrogen (secondary N) is 1. The standard InChI is InChI=1S/C10H12N2S2/c1-6(2)11-7-3-4-8-9(5-7)14-10(13)12-8/h3-6,11H,1-2H3,(H,12,13). The smallest absolute Gasteiger partial charge is 0.148 e. The van der Waals surface area contributed by atoms with E-state index in [1.165, 1.54) is 4.70 Å². The Morgan fingerprint density at radius 2 is 2.21 bits per heavy atom. The highest BCUT2D eigenvalue weighted by Gasteiger charge is 2.02. The van der Waals surface area contributed by atoms with Gasteiger partial charge in [0.2, 0.25) is 0 Å². The molecule has 0 saturated heterocycles. The second kappa shape index (κ2) is 3.79. The van der Waals surface area contributed by atoms with Crippen LogP contribution in [0.4, 0.5) is 5.69 Å². The van der Waals surface area contributed by atoms with Gasteiger partial charge in [-0.2, -0.15) is 0 Å². The zero-order chi connectivity index (χ0) is 10.1. The van der Waals surface area contributed by atoms with Crippen LogP contribution < -0.4 is 5.32 Å². The van der Waals surface area contributed by atoms with Gasteiger partial charge in [-0.1, -0.05) is 0 Å². The summed E-state index contributed by atoms with van der Waals surface area (Å²) in [5.74, 6) is 0. The monoisotopic (exact) mass is 224 g/mol. The number of thiol groups is 1. The van der Waals surface area contributed by atoms with Crippen LogP contribution in [0.2, 0.25) is 0 Å². The summed E-state index contributed by atoms with van der Waals surface area (Å²) in [7, 11) is 0. The number of hydrogen-bond donors (Lipinski definition) is 2. The first-order chi connectivity index (χ1) is 6.65. The molecule has 2 rings (SSSR count). The van der Waals surface area contributed by atoms with Crippen LogP contribution in [0.5, 0.6) is 0 Å². The molecule has 0 saturated carbocycles. The van der Waals surface area contributed by atoms with E-state index in [9.17, 15) is 0 Å². The molecular formula is C10H12N2S2. The topological polar surface area (TPSA) is 24.9 Å². The highest BCUT2D eigenvalue weighted by Crippen LogP contribution is 2.27. The fourth-order valence-electron chi connectivity index (χ4n) is 1.34. The van der Waals surface area contributed by atoms with Gasteiger partial charge in [0.05, 0.1) is 10.2 Å². The van der Waals surface area contributed by atoms with E-state index >= 15 is 0 Å². The van der Waals surface area contributed by atoms with Gasteiger partial charge in [0.15, 0.2) is 0 Å². The molecule has 0 radical (unpaired) electrons. The van der Waals surface area contributed by atoms with Crippen LogP contribution in [-0.4, -0.2) is 11.0 Å². The summed E-state index contributed by atoms with van der Waals surface area (Å²) in [4.78, 5) is 4.29. The molecule has 74 valence electrons. The number of thiazole rings is 1. The SMILES string of the molecule is CC(C)Nc1ccc2nc(S)sc2c1. The summed E-state index contributed by atoms with van der Waals surface area (Å²) in [5.41, 5.74) is 2.17. The fraction of sp³-hybridized carbons (Fsp3) is 0.300. The minimum atomic E-state index is 0.454. The van der Waals surface area contributed by atoms with E-state index < -0.39 is 0 Å². The van der Waals surface area contributed by atoms with Crippen molar-refractivity contribution in [3.63, 3.8) is 0 Å².